The average Bonchev–Trinajstić information content (AvgIpc) is 2.56. The molecule has 0 bridgehead atoms. The summed E-state index contributed by atoms with van der Waals surface area (Å²) in [6.07, 6.45) is 8.58. The van der Waals surface area contributed by atoms with Crippen LogP contribution >= 0.6 is 24.0 Å². The highest BCUT2D eigenvalue weighted by Gasteiger charge is 2.32. The van der Waals surface area contributed by atoms with Gasteiger partial charge in [0.15, 0.2) is 5.96 Å². The first-order valence-electron chi connectivity index (χ1n) is 8.33. The molecule has 1 N–H and O–H groups in total. The zero-order valence-corrected chi connectivity index (χ0v) is 17.3. The molecule has 0 spiro atoms. The van der Waals surface area contributed by atoms with E-state index >= 15 is 0 Å². The largest absolute Gasteiger partial charge is 0.381 e. The Morgan fingerprint density at radius 1 is 1.35 bits per heavy atom. The highest BCUT2D eigenvalue weighted by atomic mass is 127. The van der Waals surface area contributed by atoms with Gasteiger partial charge >= 0.3 is 0 Å². The van der Waals surface area contributed by atoms with Gasteiger partial charge in [-0.15, -0.1) is 30.6 Å². The Morgan fingerprint density at radius 3 is 2.61 bits per heavy atom. The fourth-order valence-electron chi connectivity index (χ4n) is 2.74. The Kier molecular flexibility index (Phi) is 12.8. The molecule has 0 aromatic heterocycles. The fraction of sp³-hybridized carbons (Fsp3) is 0.824. The van der Waals surface area contributed by atoms with Crippen molar-refractivity contribution in [2.75, 3.05) is 47.5 Å². The number of unbranched alkanes of at least 4 members (excludes halogenated alkanes) is 3. The van der Waals surface area contributed by atoms with E-state index < -0.39 is 0 Å². The molecular weight excluding hydrogens is 405 g/mol. The van der Waals surface area contributed by atoms with Gasteiger partial charge in [0.25, 0.3) is 0 Å². The standard InChI is InChI=1S/C17H33N3O2.HI/c1-5-6-7-8-9-12-20(3)16(18-2)19-15-17(21-4)10-13-22-14-11-17;/h5H,1,6-15H2,2-4H3,(H,18,19);1H. The lowest BCUT2D eigenvalue weighted by atomic mass is 9.94. The molecule has 0 aromatic rings. The van der Waals surface area contributed by atoms with E-state index in [4.69, 9.17) is 9.47 Å². The van der Waals surface area contributed by atoms with Crippen molar-refractivity contribution in [3.63, 3.8) is 0 Å². The average molecular weight is 439 g/mol. The molecule has 0 unspecified atom stereocenters. The van der Waals surface area contributed by atoms with Crippen molar-refractivity contribution in [2.24, 2.45) is 4.99 Å². The molecule has 0 radical (unpaired) electrons. The third-order valence-electron chi connectivity index (χ3n) is 4.38. The summed E-state index contributed by atoms with van der Waals surface area (Å²) in [7, 11) is 5.71. The summed E-state index contributed by atoms with van der Waals surface area (Å²) >= 11 is 0. The third kappa shape index (κ3) is 8.35. The van der Waals surface area contributed by atoms with Gasteiger partial charge in [-0.25, -0.2) is 0 Å². The van der Waals surface area contributed by atoms with Gasteiger partial charge in [0.1, 0.15) is 0 Å². The first-order valence-corrected chi connectivity index (χ1v) is 8.33. The maximum atomic E-state index is 5.75. The fourth-order valence-corrected chi connectivity index (χ4v) is 2.74. The Morgan fingerprint density at radius 2 is 2.04 bits per heavy atom. The second kappa shape index (κ2) is 13.0. The number of hydrogen-bond donors (Lipinski definition) is 1. The summed E-state index contributed by atoms with van der Waals surface area (Å²) < 4.78 is 11.2. The first kappa shape index (κ1) is 22.7. The molecule has 1 rings (SSSR count). The van der Waals surface area contributed by atoms with Crippen LogP contribution in [0.5, 0.6) is 0 Å². The molecule has 5 nitrogen and oxygen atoms in total. The highest BCUT2D eigenvalue weighted by Crippen LogP contribution is 2.23. The molecular formula is C17H34IN3O2. The minimum absolute atomic E-state index is 0. The number of guanidine groups is 1. The van der Waals surface area contributed by atoms with Crippen LogP contribution < -0.4 is 5.32 Å². The van der Waals surface area contributed by atoms with Gasteiger partial charge in [-0.05, 0) is 19.3 Å². The first-order chi connectivity index (χ1) is 10.7. The maximum absolute atomic E-state index is 5.75. The van der Waals surface area contributed by atoms with Crippen LogP contribution in [-0.4, -0.2) is 64.0 Å². The van der Waals surface area contributed by atoms with Gasteiger partial charge in [-0.1, -0.05) is 12.5 Å². The Hall–Kier alpha value is -0.340. The second-order valence-corrected chi connectivity index (χ2v) is 5.96. The molecule has 1 heterocycles. The Bertz CT molecular complexity index is 345. The zero-order chi connectivity index (χ0) is 16.3. The summed E-state index contributed by atoms with van der Waals surface area (Å²) in [5, 5.41) is 3.46. The number of nitrogens with zero attached hydrogens (tertiary/aromatic N) is 2. The number of halogens is 1. The van der Waals surface area contributed by atoms with E-state index in [1.807, 2.05) is 13.1 Å². The Labute approximate surface area is 158 Å². The molecule has 0 atom stereocenters. The number of allylic oxidation sites excluding steroid dienone is 1. The van der Waals surface area contributed by atoms with Crippen LogP contribution in [0.4, 0.5) is 0 Å². The molecule has 0 aromatic carbocycles. The lowest BCUT2D eigenvalue weighted by Gasteiger charge is -2.37. The van der Waals surface area contributed by atoms with E-state index in [1.165, 1.54) is 19.3 Å². The molecule has 1 aliphatic rings. The second-order valence-electron chi connectivity index (χ2n) is 5.96. The number of ether oxygens (including phenoxy) is 2. The monoisotopic (exact) mass is 439 g/mol. The predicted octanol–water partition coefficient (Wildman–Crippen LogP) is 3.05. The summed E-state index contributed by atoms with van der Waals surface area (Å²) in [4.78, 5) is 6.57. The summed E-state index contributed by atoms with van der Waals surface area (Å²) in [5.74, 6) is 0.937. The molecule has 1 saturated heterocycles. The maximum Gasteiger partial charge on any atom is 0.193 e. The Balaban J connectivity index is 0.00000484. The third-order valence-corrected chi connectivity index (χ3v) is 4.38. The number of hydrogen-bond acceptors (Lipinski definition) is 3. The quantitative estimate of drug-likeness (QED) is 0.197. The van der Waals surface area contributed by atoms with Gasteiger partial charge in [0.05, 0.1) is 5.60 Å². The smallest absolute Gasteiger partial charge is 0.193 e. The summed E-state index contributed by atoms with van der Waals surface area (Å²) in [6.45, 7) is 7.09. The van der Waals surface area contributed by atoms with Crippen molar-refractivity contribution in [2.45, 2.75) is 44.1 Å². The number of aliphatic imine (C=N–C) groups is 1. The predicted molar refractivity (Wildman–Crippen MR) is 108 cm³/mol. The van der Waals surface area contributed by atoms with Gasteiger partial charge in [-0.3, -0.25) is 4.99 Å². The van der Waals surface area contributed by atoms with E-state index in [2.05, 4.69) is 28.8 Å². The van der Waals surface area contributed by atoms with Gasteiger partial charge < -0.3 is 19.7 Å². The molecule has 1 aliphatic heterocycles. The van der Waals surface area contributed by atoms with Gasteiger partial charge in [0.2, 0.25) is 0 Å². The number of methoxy groups -OCH3 is 1. The lowest BCUT2D eigenvalue weighted by molar-refractivity contribution is -0.0857. The van der Waals surface area contributed by atoms with Crippen molar-refractivity contribution < 1.29 is 9.47 Å². The number of nitrogens with one attached hydrogen (secondary N) is 1. The molecule has 23 heavy (non-hydrogen) atoms. The SMILES string of the molecule is C=CCCCCCN(C)C(=NC)NCC1(OC)CCOCC1.I. The lowest BCUT2D eigenvalue weighted by Crippen LogP contribution is -2.51. The van der Waals surface area contributed by atoms with Crippen LogP contribution in [0.1, 0.15) is 38.5 Å². The van der Waals surface area contributed by atoms with Crippen molar-refractivity contribution in [3.8, 4) is 0 Å². The molecule has 136 valence electrons. The van der Waals surface area contributed by atoms with Crippen LogP contribution in [0, 0.1) is 0 Å². The molecule has 6 heteroatoms. The molecule has 0 amide bonds. The van der Waals surface area contributed by atoms with Crippen LogP contribution in [0.3, 0.4) is 0 Å². The van der Waals surface area contributed by atoms with Crippen LogP contribution in [-0.2, 0) is 9.47 Å². The van der Waals surface area contributed by atoms with Crippen LogP contribution in [0.15, 0.2) is 17.6 Å². The van der Waals surface area contributed by atoms with E-state index in [0.29, 0.717) is 0 Å². The molecule has 1 fully saturated rings. The normalized spacial score (nSPS) is 17.3. The van der Waals surface area contributed by atoms with Crippen molar-refractivity contribution in [1.29, 1.82) is 0 Å². The van der Waals surface area contributed by atoms with E-state index in [-0.39, 0.29) is 29.6 Å². The van der Waals surface area contributed by atoms with Gasteiger partial charge in [0, 0.05) is 60.4 Å². The minimum atomic E-state index is -0.126. The van der Waals surface area contributed by atoms with E-state index in [9.17, 15) is 0 Å². The molecule has 0 aliphatic carbocycles. The van der Waals surface area contributed by atoms with Gasteiger partial charge in [-0.2, -0.15) is 0 Å². The van der Waals surface area contributed by atoms with E-state index in [0.717, 1.165) is 51.5 Å². The van der Waals surface area contributed by atoms with Crippen LogP contribution in [0.25, 0.3) is 0 Å². The zero-order valence-electron chi connectivity index (χ0n) is 15.0. The highest BCUT2D eigenvalue weighted by molar-refractivity contribution is 14.0. The van der Waals surface area contributed by atoms with Crippen molar-refractivity contribution in [1.82, 2.24) is 10.2 Å². The summed E-state index contributed by atoms with van der Waals surface area (Å²) in [5.41, 5.74) is -0.126. The van der Waals surface area contributed by atoms with Crippen LogP contribution in [0.2, 0.25) is 0 Å². The molecule has 0 saturated carbocycles. The van der Waals surface area contributed by atoms with Crippen molar-refractivity contribution in [3.05, 3.63) is 12.7 Å². The topological polar surface area (TPSA) is 46.1 Å². The van der Waals surface area contributed by atoms with E-state index in [1.54, 1.807) is 7.11 Å². The summed E-state index contributed by atoms with van der Waals surface area (Å²) in [6, 6.07) is 0. The number of rotatable bonds is 9. The van der Waals surface area contributed by atoms with Crippen molar-refractivity contribution >= 4 is 29.9 Å². The minimum Gasteiger partial charge on any atom is -0.381 e.